The lowest BCUT2D eigenvalue weighted by Crippen LogP contribution is -2.10. The van der Waals surface area contributed by atoms with Crippen LogP contribution in [0.4, 0.5) is 4.39 Å². The molecule has 1 aromatic carbocycles. The number of alkyl halides is 1. The molecule has 0 saturated heterocycles. The van der Waals surface area contributed by atoms with Crippen molar-refractivity contribution in [3.8, 4) is 0 Å². The lowest BCUT2D eigenvalue weighted by atomic mass is 9.96. The van der Waals surface area contributed by atoms with Gasteiger partial charge in [0.2, 0.25) is 0 Å². The maximum absolute atomic E-state index is 13.6. The standard InChI is InChI=1S/C12H17FO/c1-9-5-6-11(12(2,3)13)7-10(9)8-14-4/h5-7H,8H2,1-4H3. The number of benzene rings is 1. The molecule has 14 heavy (non-hydrogen) atoms. The minimum atomic E-state index is -1.28. The second kappa shape index (κ2) is 4.09. The number of halogens is 1. The first-order chi connectivity index (χ1) is 6.45. The lowest BCUT2D eigenvalue weighted by Gasteiger charge is -2.16. The molecule has 2 heteroatoms. The first kappa shape index (κ1) is 11.2. The van der Waals surface area contributed by atoms with Gasteiger partial charge in [0.05, 0.1) is 6.61 Å². The fourth-order valence-corrected chi connectivity index (χ4v) is 1.35. The van der Waals surface area contributed by atoms with Crippen molar-refractivity contribution in [2.45, 2.75) is 33.0 Å². The average Bonchev–Trinajstić information content (AvgIpc) is 2.07. The zero-order valence-corrected chi connectivity index (χ0v) is 9.23. The van der Waals surface area contributed by atoms with Gasteiger partial charge in [-0.1, -0.05) is 18.2 Å². The van der Waals surface area contributed by atoms with Crippen LogP contribution < -0.4 is 0 Å². The summed E-state index contributed by atoms with van der Waals surface area (Å²) in [6.45, 7) is 5.67. The molecule has 0 atom stereocenters. The zero-order chi connectivity index (χ0) is 10.8. The van der Waals surface area contributed by atoms with Crippen LogP contribution in [0.2, 0.25) is 0 Å². The minimum absolute atomic E-state index is 0.537. The maximum Gasteiger partial charge on any atom is 0.130 e. The quantitative estimate of drug-likeness (QED) is 0.720. The molecule has 0 aliphatic heterocycles. The normalized spacial score (nSPS) is 11.8. The van der Waals surface area contributed by atoms with E-state index in [0.717, 1.165) is 11.1 Å². The van der Waals surface area contributed by atoms with E-state index in [-0.39, 0.29) is 0 Å². The lowest BCUT2D eigenvalue weighted by molar-refractivity contribution is 0.183. The molecule has 0 bridgehead atoms. The SMILES string of the molecule is COCc1cc(C(C)(C)F)ccc1C. The van der Waals surface area contributed by atoms with Gasteiger partial charge in [-0.25, -0.2) is 4.39 Å². The van der Waals surface area contributed by atoms with Gasteiger partial charge in [0, 0.05) is 7.11 Å². The van der Waals surface area contributed by atoms with Crippen LogP contribution in [0.1, 0.15) is 30.5 Å². The average molecular weight is 196 g/mol. The highest BCUT2D eigenvalue weighted by atomic mass is 19.1. The van der Waals surface area contributed by atoms with E-state index < -0.39 is 5.67 Å². The Hall–Kier alpha value is -0.890. The van der Waals surface area contributed by atoms with Crippen LogP contribution in [0.25, 0.3) is 0 Å². The Morgan fingerprint density at radius 1 is 1.36 bits per heavy atom. The van der Waals surface area contributed by atoms with Crippen LogP contribution in [0, 0.1) is 6.92 Å². The highest BCUT2D eigenvalue weighted by Gasteiger charge is 2.19. The molecule has 0 aliphatic carbocycles. The number of hydrogen-bond donors (Lipinski definition) is 0. The monoisotopic (exact) mass is 196 g/mol. The fraction of sp³-hybridized carbons (Fsp3) is 0.500. The molecule has 78 valence electrons. The van der Waals surface area contributed by atoms with E-state index in [1.165, 1.54) is 0 Å². The summed E-state index contributed by atoms with van der Waals surface area (Å²) < 4.78 is 18.7. The Kier molecular flexibility index (Phi) is 3.27. The van der Waals surface area contributed by atoms with Gasteiger partial charge < -0.3 is 4.74 Å². The second-order valence-electron chi connectivity index (χ2n) is 4.05. The van der Waals surface area contributed by atoms with Crippen molar-refractivity contribution in [3.05, 3.63) is 34.9 Å². The Labute approximate surface area is 84.9 Å². The molecular weight excluding hydrogens is 179 g/mol. The Balaban J connectivity index is 3.06. The number of ether oxygens (including phenoxy) is 1. The minimum Gasteiger partial charge on any atom is -0.380 e. The summed E-state index contributed by atoms with van der Waals surface area (Å²) >= 11 is 0. The summed E-state index contributed by atoms with van der Waals surface area (Å²) in [5.41, 5.74) is 1.61. The molecule has 1 nitrogen and oxygen atoms in total. The van der Waals surface area contributed by atoms with Gasteiger partial charge in [-0.3, -0.25) is 0 Å². The van der Waals surface area contributed by atoms with Crippen molar-refractivity contribution in [2.75, 3.05) is 7.11 Å². The topological polar surface area (TPSA) is 9.23 Å². The smallest absolute Gasteiger partial charge is 0.130 e. The highest BCUT2D eigenvalue weighted by Crippen LogP contribution is 2.26. The Morgan fingerprint density at radius 3 is 2.50 bits per heavy atom. The molecule has 0 unspecified atom stereocenters. The molecule has 0 aliphatic rings. The van der Waals surface area contributed by atoms with E-state index in [0.29, 0.717) is 12.2 Å². The van der Waals surface area contributed by atoms with E-state index in [1.54, 1.807) is 21.0 Å². The highest BCUT2D eigenvalue weighted by molar-refractivity contribution is 5.33. The first-order valence-corrected chi connectivity index (χ1v) is 4.73. The first-order valence-electron chi connectivity index (χ1n) is 4.73. The van der Waals surface area contributed by atoms with E-state index in [2.05, 4.69) is 0 Å². The van der Waals surface area contributed by atoms with Crippen LogP contribution in [0.15, 0.2) is 18.2 Å². The van der Waals surface area contributed by atoms with E-state index in [9.17, 15) is 4.39 Å². The number of methoxy groups -OCH3 is 1. The van der Waals surface area contributed by atoms with Crippen molar-refractivity contribution >= 4 is 0 Å². The molecule has 0 saturated carbocycles. The molecule has 1 rings (SSSR count). The molecule has 0 aromatic heterocycles. The summed E-state index contributed by atoms with van der Waals surface area (Å²) in [6, 6.07) is 5.64. The molecule has 1 aromatic rings. The summed E-state index contributed by atoms with van der Waals surface area (Å²) in [5, 5.41) is 0. The zero-order valence-electron chi connectivity index (χ0n) is 9.23. The number of aryl methyl sites for hydroxylation is 1. The van der Waals surface area contributed by atoms with E-state index in [1.807, 2.05) is 25.1 Å². The predicted octanol–water partition coefficient (Wildman–Crippen LogP) is 3.35. The van der Waals surface area contributed by atoms with Crippen molar-refractivity contribution in [1.82, 2.24) is 0 Å². The van der Waals surface area contributed by atoms with Crippen molar-refractivity contribution < 1.29 is 9.13 Å². The molecule has 0 fully saturated rings. The largest absolute Gasteiger partial charge is 0.380 e. The third-order valence-electron chi connectivity index (χ3n) is 2.34. The molecule has 0 heterocycles. The molecule has 0 N–H and O–H groups in total. The molecule has 0 radical (unpaired) electrons. The summed E-state index contributed by atoms with van der Waals surface area (Å²) in [6.07, 6.45) is 0. The maximum atomic E-state index is 13.6. The third kappa shape index (κ3) is 2.55. The molecular formula is C12H17FO. The van der Waals surface area contributed by atoms with Crippen LogP contribution in [0.5, 0.6) is 0 Å². The third-order valence-corrected chi connectivity index (χ3v) is 2.34. The van der Waals surface area contributed by atoms with Crippen LogP contribution in [-0.4, -0.2) is 7.11 Å². The van der Waals surface area contributed by atoms with Crippen LogP contribution in [0.3, 0.4) is 0 Å². The van der Waals surface area contributed by atoms with Gasteiger partial charge in [0.1, 0.15) is 5.67 Å². The van der Waals surface area contributed by atoms with Gasteiger partial charge in [0.25, 0.3) is 0 Å². The molecule has 0 spiro atoms. The fourth-order valence-electron chi connectivity index (χ4n) is 1.35. The van der Waals surface area contributed by atoms with Crippen molar-refractivity contribution in [2.24, 2.45) is 0 Å². The van der Waals surface area contributed by atoms with Gasteiger partial charge in [-0.15, -0.1) is 0 Å². The van der Waals surface area contributed by atoms with Gasteiger partial charge in [-0.2, -0.15) is 0 Å². The second-order valence-corrected chi connectivity index (χ2v) is 4.05. The predicted molar refractivity (Wildman–Crippen MR) is 56.0 cm³/mol. The number of rotatable bonds is 3. The molecule has 0 amide bonds. The van der Waals surface area contributed by atoms with Crippen LogP contribution >= 0.6 is 0 Å². The Bertz CT molecular complexity index is 313. The van der Waals surface area contributed by atoms with E-state index in [4.69, 9.17) is 4.74 Å². The number of hydrogen-bond acceptors (Lipinski definition) is 1. The van der Waals surface area contributed by atoms with Crippen molar-refractivity contribution in [3.63, 3.8) is 0 Å². The van der Waals surface area contributed by atoms with Gasteiger partial charge >= 0.3 is 0 Å². The summed E-state index contributed by atoms with van der Waals surface area (Å²) in [5.74, 6) is 0. The van der Waals surface area contributed by atoms with Gasteiger partial charge in [0.15, 0.2) is 0 Å². The van der Waals surface area contributed by atoms with Gasteiger partial charge in [-0.05, 0) is 37.5 Å². The van der Waals surface area contributed by atoms with Crippen LogP contribution in [-0.2, 0) is 17.0 Å². The van der Waals surface area contributed by atoms with Crippen molar-refractivity contribution in [1.29, 1.82) is 0 Å². The van der Waals surface area contributed by atoms with E-state index >= 15 is 0 Å². The summed E-state index contributed by atoms with van der Waals surface area (Å²) in [4.78, 5) is 0. The summed E-state index contributed by atoms with van der Waals surface area (Å²) in [7, 11) is 1.65. The Morgan fingerprint density at radius 2 is 2.00 bits per heavy atom.